The van der Waals surface area contributed by atoms with Gasteiger partial charge in [0, 0.05) is 36.3 Å². The Bertz CT molecular complexity index is 742. The molecule has 0 aliphatic heterocycles. The summed E-state index contributed by atoms with van der Waals surface area (Å²) in [6.45, 7) is 6.27. The maximum Gasteiger partial charge on any atom is 0.251 e. The predicted octanol–water partition coefficient (Wildman–Crippen LogP) is 3.74. The van der Waals surface area contributed by atoms with E-state index in [0.29, 0.717) is 23.7 Å². The van der Waals surface area contributed by atoms with Crippen LogP contribution in [0.5, 0.6) is 0 Å². The van der Waals surface area contributed by atoms with Gasteiger partial charge in [0.2, 0.25) is 5.91 Å². The van der Waals surface area contributed by atoms with E-state index in [-0.39, 0.29) is 11.8 Å². The normalized spacial score (nSPS) is 10.3. The van der Waals surface area contributed by atoms with Crippen LogP contribution in [0.3, 0.4) is 0 Å². The lowest BCUT2D eigenvalue weighted by Crippen LogP contribution is -2.38. The van der Waals surface area contributed by atoms with Gasteiger partial charge in [-0.25, -0.2) is 0 Å². The van der Waals surface area contributed by atoms with Crippen molar-refractivity contribution in [3.8, 4) is 0 Å². The molecule has 0 unspecified atom stereocenters. The van der Waals surface area contributed by atoms with Crippen molar-refractivity contribution in [1.82, 2.24) is 5.32 Å². The van der Waals surface area contributed by atoms with Gasteiger partial charge in [0.05, 0.1) is 0 Å². The third kappa shape index (κ3) is 4.59. The first-order valence-corrected chi connectivity index (χ1v) is 8.15. The highest BCUT2D eigenvalue weighted by Crippen LogP contribution is 2.21. The lowest BCUT2D eigenvalue weighted by Gasteiger charge is -2.23. The first kappa shape index (κ1) is 18.0. The van der Waals surface area contributed by atoms with E-state index < -0.39 is 0 Å². The lowest BCUT2D eigenvalue weighted by molar-refractivity contribution is -0.116. The van der Waals surface area contributed by atoms with Crippen molar-refractivity contribution in [2.24, 2.45) is 0 Å². The van der Waals surface area contributed by atoms with Crippen molar-refractivity contribution in [2.75, 3.05) is 18.0 Å². The minimum Gasteiger partial charge on any atom is -0.350 e. The second kappa shape index (κ2) is 7.97. The van der Waals surface area contributed by atoms with E-state index in [1.165, 1.54) is 6.92 Å². The van der Waals surface area contributed by atoms with Gasteiger partial charge in [0.15, 0.2) is 0 Å². The Morgan fingerprint density at radius 1 is 1.08 bits per heavy atom. The van der Waals surface area contributed by atoms with E-state index in [1.54, 1.807) is 29.2 Å². The van der Waals surface area contributed by atoms with Crippen LogP contribution < -0.4 is 10.2 Å². The number of nitrogens with one attached hydrogen (secondary N) is 1. The van der Waals surface area contributed by atoms with Gasteiger partial charge in [0.1, 0.15) is 0 Å². The number of amides is 2. The molecule has 126 valence electrons. The monoisotopic (exact) mass is 344 g/mol. The fourth-order valence-electron chi connectivity index (χ4n) is 2.44. The molecule has 2 amide bonds. The number of anilines is 1. The molecule has 0 heterocycles. The molecule has 2 aromatic rings. The highest BCUT2D eigenvalue weighted by molar-refractivity contribution is 6.30. The van der Waals surface area contributed by atoms with Crippen molar-refractivity contribution in [1.29, 1.82) is 0 Å². The standard InChI is InChI=1S/C19H21ClN2O2/c1-13-4-5-14(2)18(12-13)22(15(3)23)11-10-21-19(24)16-6-8-17(20)9-7-16/h4-9,12H,10-11H2,1-3H3,(H,21,24). The summed E-state index contributed by atoms with van der Waals surface area (Å²) in [6, 6.07) is 12.7. The van der Waals surface area contributed by atoms with Crippen molar-refractivity contribution >= 4 is 29.1 Å². The summed E-state index contributed by atoms with van der Waals surface area (Å²) in [6.07, 6.45) is 0. The summed E-state index contributed by atoms with van der Waals surface area (Å²) in [5, 5.41) is 3.42. The second-order valence-corrected chi connectivity index (χ2v) is 6.16. The Balaban J connectivity index is 2.02. The fourth-order valence-corrected chi connectivity index (χ4v) is 2.57. The largest absolute Gasteiger partial charge is 0.350 e. The number of halogens is 1. The molecule has 0 saturated heterocycles. The van der Waals surface area contributed by atoms with Crippen LogP contribution in [0.15, 0.2) is 42.5 Å². The molecule has 0 fully saturated rings. The van der Waals surface area contributed by atoms with Gasteiger partial charge in [-0.2, -0.15) is 0 Å². The maximum atomic E-state index is 12.1. The van der Waals surface area contributed by atoms with Crippen LogP contribution in [0.2, 0.25) is 5.02 Å². The zero-order valence-electron chi connectivity index (χ0n) is 14.1. The van der Waals surface area contributed by atoms with Gasteiger partial charge in [-0.1, -0.05) is 23.7 Å². The molecule has 0 aliphatic rings. The van der Waals surface area contributed by atoms with Crippen molar-refractivity contribution in [2.45, 2.75) is 20.8 Å². The van der Waals surface area contributed by atoms with E-state index in [2.05, 4.69) is 5.32 Å². The van der Waals surface area contributed by atoms with Crippen LogP contribution in [0.4, 0.5) is 5.69 Å². The van der Waals surface area contributed by atoms with E-state index in [1.807, 2.05) is 32.0 Å². The average molecular weight is 345 g/mol. The van der Waals surface area contributed by atoms with Gasteiger partial charge < -0.3 is 10.2 Å². The number of hydrogen-bond donors (Lipinski definition) is 1. The molecule has 0 aliphatic carbocycles. The van der Waals surface area contributed by atoms with Gasteiger partial charge in [0.25, 0.3) is 5.91 Å². The lowest BCUT2D eigenvalue weighted by atomic mass is 10.1. The van der Waals surface area contributed by atoms with Crippen molar-refractivity contribution < 1.29 is 9.59 Å². The molecule has 0 aromatic heterocycles. The molecule has 2 aromatic carbocycles. The summed E-state index contributed by atoms with van der Waals surface area (Å²) in [4.78, 5) is 25.8. The topological polar surface area (TPSA) is 49.4 Å². The van der Waals surface area contributed by atoms with Crippen LogP contribution in [0.25, 0.3) is 0 Å². The summed E-state index contributed by atoms with van der Waals surface area (Å²) in [5.41, 5.74) is 3.54. The van der Waals surface area contributed by atoms with Gasteiger partial charge >= 0.3 is 0 Å². The number of nitrogens with zero attached hydrogens (tertiary/aromatic N) is 1. The number of carbonyl (C=O) groups is 2. The van der Waals surface area contributed by atoms with E-state index in [9.17, 15) is 9.59 Å². The van der Waals surface area contributed by atoms with Crippen LogP contribution >= 0.6 is 11.6 Å². The first-order chi connectivity index (χ1) is 11.4. The van der Waals surface area contributed by atoms with Crippen LogP contribution in [0.1, 0.15) is 28.4 Å². The van der Waals surface area contributed by atoms with Gasteiger partial charge in [-0.3, -0.25) is 9.59 Å². The molecule has 0 saturated carbocycles. The van der Waals surface area contributed by atoms with Crippen LogP contribution in [-0.2, 0) is 4.79 Å². The zero-order valence-corrected chi connectivity index (χ0v) is 14.9. The van der Waals surface area contributed by atoms with Crippen molar-refractivity contribution in [3.05, 3.63) is 64.2 Å². The number of rotatable bonds is 5. The molecule has 0 radical (unpaired) electrons. The third-order valence-corrected chi connectivity index (χ3v) is 4.01. The van der Waals surface area contributed by atoms with E-state index in [4.69, 9.17) is 11.6 Å². The highest BCUT2D eigenvalue weighted by atomic mass is 35.5. The van der Waals surface area contributed by atoms with Crippen molar-refractivity contribution in [3.63, 3.8) is 0 Å². The molecule has 0 spiro atoms. The Kier molecular flexibility index (Phi) is 5.99. The highest BCUT2D eigenvalue weighted by Gasteiger charge is 2.14. The van der Waals surface area contributed by atoms with E-state index >= 15 is 0 Å². The number of carbonyl (C=O) groups excluding carboxylic acids is 2. The summed E-state index contributed by atoms with van der Waals surface area (Å²) < 4.78 is 0. The summed E-state index contributed by atoms with van der Waals surface area (Å²) in [5.74, 6) is -0.236. The predicted molar refractivity (Wildman–Crippen MR) is 97.7 cm³/mol. The molecule has 24 heavy (non-hydrogen) atoms. The minimum atomic E-state index is -0.184. The molecule has 4 nitrogen and oxygen atoms in total. The smallest absolute Gasteiger partial charge is 0.251 e. The van der Waals surface area contributed by atoms with Crippen LogP contribution in [-0.4, -0.2) is 24.9 Å². The third-order valence-electron chi connectivity index (χ3n) is 3.76. The van der Waals surface area contributed by atoms with Gasteiger partial charge in [-0.05, 0) is 55.3 Å². The molecule has 0 atom stereocenters. The fraction of sp³-hybridized carbons (Fsp3) is 0.263. The first-order valence-electron chi connectivity index (χ1n) is 7.77. The molecular weight excluding hydrogens is 324 g/mol. The minimum absolute atomic E-state index is 0.0514. The molecule has 5 heteroatoms. The quantitative estimate of drug-likeness (QED) is 0.898. The Morgan fingerprint density at radius 2 is 1.75 bits per heavy atom. The number of hydrogen-bond acceptors (Lipinski definition) is 2. The summed E-state index contributed by atoms with van der Waals surface area (Å²) >= 11 is 5.82. The second-order valence-electron chi connectivity index (χ2n) is 5.72. The average Bonchev–Trinajstić information content (AvgIpc) is 2.54. The SMILES string of the molecule is CC(=O)N(CCNC(=O)c1ccc(Cl)cc1)c1cc(C)ccc1C. The zero-order chi connectivity index (χ0) is 17.7. The van der Waals surface area contributed by atoms with Crippen LogP contribution in [0, 0.1) is 13.8 Å². The van der Waals surface area contributed by atoms with Gasteiger partial charge in [-0.15, -0.1) is 0 Å². The Hall–Kier alpha value is -2.33. The summed E-state index contributed by atoms with van der Waals surface area (Å²) in [7, 11) is 0. The Morgan fingerprint density at radius 3 is 2.38 bits per heavy atom. The molecular formula is C19H21ClN2O2. The maximum absolute atomic E-state index is 12.1. The number of aryl methyl sites for hydroxylation is 2. The number of benzene rings is 2. The van der Waals surface area contributed by atoms with E-state index in [0.717, 1.165) is 16.8 Å². The molecule has 2 rings (SSSR count). The molecule has 1 N–H and O–H groups in total. The Labute approximate surface area is 147 Å². The molecule has 0 bridgehead atoms.